The van der Waals surface area contributed by atoms with Crippen LogP contribution in [0.15, 0.2) is 42.5 Å². The van der Waals surface area contributed by atoms with Crippen LogP contribution in [0.3, 0.4) is 0 Å². The molecule has 2 aromatic carbocycles. The normalized spacial score (nSPS) is 9.96. The predicted molar refractivity (Wildman–Crippen MR) is 100 cm³/mol. The van der Waals surface area contributed by atoms with Gasteiger partial charge in [0, 0.05) is 12.6 Å². The Balaban J connectivity index is 1.91. The van der Waals surface area contributed by atoms with Crippen molar-refractivity contribution in [3.8, 4) is 17.2 Å². The van der Waals surface area contributed by atoms with Gasteiger partial charge in [0.15, 0.2) is 5.11 Å². The van der Waals surface area contributed by atoms with Gasteiger partial charge < -0.3 is 24.8 Å². The molecule has 2 aromatic rings. The molecule has 0 aromatic heterocycles. The summed E-state index contributed by atoms with van der Waals surface area (Å²) in [6, 6.07) is 13.4. The molecule has 0 bridgehead atoms. The fraction of sp³-hybridized carbons (Fsp3) is 0.278. The van der Waals surface area contributed by atoms with Crippen molar-refractivity contribution in [2.24, 2.45) is 0 Å². The predicted octanol–water partition coefficient (Wildman–Crippen LogP) is 3.59. The van der Waals surface area contributed by atoms with Crippen molar-refractivity contribution in [3.05, 3.63) is 48.0 Å². The Kier molecular flexibility index (Phi) is 6.69. The maximum atomic E-state index is 5.43. The third-order valence-corrected chi connectivity index (χ3v) is 3.59. The van der Waals surface area contributed by atoms with Crippen molar-refractivity contribution < 1.29 is 14.2 Å². The Morgan fingerprint density at radius 1 is 1.00 bits per heavy atom. The molecule has 0 aliphatic rings. The molecule has 0 radical (unpaired) electrons. The molecule has 0 heterocycles. The Bertz CT molecular complexity index is 674. The molecule has 0 saturated carbocycles. The van der Waals surface area contributed by atoms with Gasteiger partial charge in [0.05, 0.1) is 26.5 Å². The van der Waals surface area contributed by atoms with E-state index in [9.17, 15) is 0 Å². The van der Waals surface area contributed by atoms with Crippen LogP contribution in [-0.4, -0.2) is 25.9 Å². The lowest BCUT2D eigenvalue weighted by Crippen LogP contribution is -2.28. The van der Waals surface area contributed by atoms with E-state index in [0.717, 1.165) is 22.7 Å². The van der Waals surface area contributed by atoms with Crippen LogP contribution in [0.5, 0.6) is 17.2 Å². The van der Waals surface area contributed by atoms with Gasteiger partial charge in [0.2, 0.25) is 0 Å². The first kappa shape index (κ1) is 17.9. The Hall–Kier alpha value is -2.47. The van der Waals surface area contributed by atoms with Gasteiger partial charge in [0.25, 0.3) is 0 Å². The summed E-state index contributed by atoms with van der Waals surface area (Å²) in [5.74, 6) is 2.26. The largest absolute Gasteiger partial charge is 0.497 e. The lowest BCUT2D eigenvalue weighted by atomic mass is 10.2. The molecule has 0 fully saturated rings. The van der Waals surface area contributed by atoms with Gasteiger partial charge in [-0.1, -0.05) is 12.1 Å². The third-order valence-electron chi connectivity index (χ3n) is 3.34. The highest BCUT2D eigenvalue weighted by Gasteiger charge is 2.06. The van der Waals surface area contributed by atoms with Gasteiger partial charge in [-0.2, -0.15) is 0 Å². The smallest absolute Gasteiger partial charge is 0.171 e. The number of methoxy groups -OCH3 is 2. The molecule has 0 aliphatic heterocycles. The minimum atomic E-state index is 0.521. The van der Waals surface area contributed by atoms with Gasteiger partial charge in [-0.15, -0.1) is 0 Å². The summed E-state index contributed by atoms with van der Waals surface area (Å²) in [5, 5.41) is 6.82. The highest BCUT2D eigenvalue weighted by molar-refractivity contribution is 7.80. The van der Waals surface area contributed by atoms with E-state index in [-0.39, 0.29) is 0 Å². The molecule has 0 saturated heterocycles. The van der Waals surface area contributed by atoms with Crippen LogP contribution in [0, 0.1) is 0 Å². The quantitative estimate of drug-likeness (QED) is 0.747. The molecular formula is C18H22N2O3S. The monoisotopic (exact) mass is 346 g/mol. The number of hydrogen-bond acceptors (Lipinski definition) is 4. The minimum Gasteiger partial charge on any atom is -0.497 e. The molecule has 0 amide bonds. The summed E-state index contributed by atoms with van der Waals surface area (Å²) in [6.45, 7) is 3.25. The molecular weight excluding hydrogens is 324 g/mol. The molecule has 2 N–H and O–H groups in total. The van der Waals surface area contributed by atoms with E-state index >= 15 is 0 Å². The van der Waals surface area contributed by atoms with Gasteiger partial charge in [0.1, 0.15) is 17.2 Å². The van der Waals surface area contributed by atoms with Crippen molar-refractivity contribution in [1.29, 1.82) is 0 Å². The summed E-state index contributed by atoms with van der Waals surface area (Å²) in [6.07, 6.45) is 0. The molecule has 0 spiro atoms. The molecule has 6 heteroatoms. The van der Waals surface area contributed by atoms with Crippen molar-refractivity contribution in [3.63, 3.8) is 0 Å². The van der Waals surface area contributed by atoms with Crippen molar-refractivity contribution >= 4 is 23.0 Å². The first-order chi connectivity index (χ1) is 11.7. The minimum absolute atomic E-state index is 0.521. The van der Waals surface area contributed by atoms with Gasteiger partial charge in [-0.05, 0) is 49.0 Å². The molecule has 0 aliphatic carbocycles. The lowest BCUT2D eigenvalue weighted by molar-refractivity contribution is 0.340. The van der Waals surface area contributed by atoms with Gasteiger partial charge >= 0.3 is 0 Å². The summed E-state index contributed by atoms with van der Waals surface area (Å²) in [7, 11) is 3.22. The van der Waals surface area contributed by atoms with Crippen molar-refractivity contribution in [1.82, 2.24) is 5.32 Å². The molecule has 128 valence electrons. The maximum absolute atomic E-state index is 5.43. The first-order valence-electron chi connectivity index (χ1n) is 7.65. The second-order valence-corrected chi connectivity index (χ2v) is 5.36. The van der Waals surface area contributed by atoms with Crippen LogP contribution in [-0.2, 0) is 6.54 Å². The van der Waals surface area contributed by atoms with Crippen LogP contribution >= 0.6 is 12.2 Å². The fourth-order valence-corrected chi connectivity index (χ4v) is 2.30. The SMILES string of the molecule is CCOc1ccc(CNC(=S)Nc2ccc(OC)cc2OC)cc1. The van der Waals surface area contributed by atoms with Crippen LogP contribution < -0.4 is 24.8 Å². The van der Waals surface area contributed by atoms with Crippen LogP contribution in [0.2, 0.25) is 0 Å². The van der Waals surface area contributed by atoms with E-state index in [2.05, 4.69) is 10.6 Å². The molecule has 0 unspecified atom stereocenters. The highest BCUT2D eigenvalue weighted by atomic mass is 32.1. The van der Waals surface area contributed by atoms with Gasteiger partial charge in [-0.25, -0.2) is 0 Å². The maximum Gasteiger partial charge on any atom is 0.171 e. The molecule has 24 heavy (non-hydrogen) atoms. The van der Waals surface area contributed by atoms with Crippen molar-refractivity contribution in [2.75, 3.05) is 26.1 Å². The standard InChI is InChI=1S/C18H22N2O3S/c1-4-23-14-7-5-13(6-8-14)12-19-18(24)20-16-10-9-15(21-2)11-17(16)22-3/h5-11H,4,12H2,1-3H3,(H2,19,20,24). The molecule has 2 rings (SSSR count). The van der Waals surface area contributed by atoms with Crippen LogP contribution in [0.1, 0.15) is 12.5 Å². The van der Waals surface area contributed by atoms with E-state index in [1.807, 2.05) is 43.3 Å². The number of nitrogens with one attached hydrogen (secondary N) is 2. The highest BCUT2D eigenvalue weighted by Crippen LogP contribution is 2.28. The second kappa shape index (κ2) is 8.98. The Morgan fingerprint density at radius 2 is 1.71 bits per heavy atom. The summed E-state index contributed by atoms with van der Waals surface area (Å²) in [4.78, 5) is 0. The summed E-state index contributed by atoms with van der Waals surface area (Å²) < 4.78 is 16.0. The second-order valence-electron chi connectivity index (χ2n) is 4.95. The van der Waals surface area contributed by atoms with Gasteiger partial charge in [-0.3, -0.25) is 0 Å². The number of ether oxygens (including phenoxy) is 3. The summed E-state index contributed by atoms with van der Waals surface area (Å²) >= 11 is 5.34. The van der Waals surface area contributed by atoms with E-state index in [1.165, 1.54) is 0 Å². The Labute approximate surface area is 147 Å². The number of rotatable bonds is 7. The zero-order valence-corrected chi connectivity index (χ0v) is 14.9. The van der Waals surface area contributed by atoms with Crippen LogP contribution in [0.25, 0.3) is 0 Å². The zero-order chi connectivity index (χ0) is 17.4. The van der Waals surface area contributed by atoms with Crippen molar-refractivity contribution in [2.45, 2.75) is 13.5 Å². The van der Waals surface area contributed by atoms with E-state index in [1.54, 1.807) is 20.3 Å². The zero-order valence-electron chi connectivity index (χ0n) is 14.1. The third kappa shape index (κ3) is 5.03. The van der Waals surface area contributed by atoms with Crippen LogP contribution in [0.4, 0.5) is 5.69 Å². The number of hydrogen-bond donors (Lipinski definition) is 2. The number of anilines is 1. The van der Waals surface area contributed by atoms with E-state index in [0.29, 0.717) is 24.0 Å². The molecule has 0 atom stereocenters. The first-order valence-corrected chi connectivity index (χ1v) is 8.05. The Morgan fingerprint density at radius 3 is 2.33 bits per heavy atom. The van der Waals surface area contributed by atoms with E-state index in [4.69, 9.17) is 26.4 Å². The lowest BCUT2D eigenvalue weighted by Gasteiger charge is -2.14. The number of thiocarbonyl (C=S) groups is 1. The van der Waals surface area contributed by atoms with E-state index < -0.39 is 0 Å². The summed E-state index contributed by atoms with van der Waals surface area (Å²) in [5.41, 5.74) is 1.90. The number of benzene rings is 2. The average Bonchev–Trinajstić information content (AvgIpc) is 2.61. The molecule has 5 nitrogen and oxygen atoms in total. The average molecular weight is 346 g/mol. The topological polar surface area (TPSA) is 51.8 Å². The fourth-order valence-electron chi connectivity index (χ4n) is 2.12.